The van der Waals surface area contributed by atoms with Gasteiger partial charge >= 0.3 is 0 Å². The van der Waals surface area contributed by atoms with Gasteiger partial charge in [0.25, 0.3) is 10.1 Å². The molecule has 4 N–H and O–H groups in total. The normalized spacial score (nSPS) is 18.3. The molecular weight excluding hydrogens is 168 g/mol. The Balaban J connectivity index is 2.95. The van der Waals surface area contributed by atoms with Gasteiger partial charge in [-0.05, 0) is 12.2 Å². The highest BCUT2D eigenvalue weighted by atomic mass is 32.2. The summed E-state index contributed by atoms with van der Waals surface area (Å²) in [4.78, 5) is -0.0771. The first kappa shape index (κ1) is 8.09. The Kier molecular flexibility index (Phi) is 1.88. The maximum absolute atomic E-state index is 10.5. The molecule has 6 heteroatoms. The van der Waals surface area contributed by atoms with Crippen molar-refractivity contribution in [3.8, 4) is 0 Å². The summed E-state index contributed by atoms with van der Waals surface area (Å²) in [6, 6.07) is 0. The summed E-state index contributed by atoms with van der Waals surface area (Å²) in [6.45, 7) is 0.0428. The van der Waals surface area contributed by atoms with Crippen LogP contribution >= 0.6 is 0 Å². The zero-order chi connectivity index (χ0) is 8.48. The number of nitrogens with one attached hydrogen (secondary N) is 1. The van der Waals surface area contributed by atoms with E-state index in [0.717, 1.165) is 0 Å². The van der Waals surface area contributed by atoms with Crippen molar-refractivity contribution in [3.05, 3.63) is 22.9 Å². The molecule has 0 aromatic carbocycles. The minimum Gasteiger partial charge on any atom is -0.386 e. The van der Waals surface area contributed by atoms with Gasteiger partial charge in [-0.25, -0.2) is 0 Å². The number of nitrogens with two attached hydrogens (primary N) is 1. The molecule has 0 amide bonds. The van der Waals surface area contributed by atoms with Crippen LogP contribution in [0.15, 0.2) is 22.9 Å². The van der Waals surface area contributed by atoms with Gasteiger partial charge in [-0.1, -0.05) is 0 Å². The van der Waals surface area contributed by atoms with E-state index < -0.39 is 10.1 Å². The molecule has 0 unspecified atom stereocenters. The lowest BCUT2D eigenvalue weighted by Crippen LogP contribution is -2.27. The SMILES string of the molecule is NC1=CC=C(S(=O)(=O)O)CN1. The third-order valence-electron chi connectivity index (χ3n) is 1.25. The highest BCUT2D eigenvalue weighted by Crippen LogP contribution is 2.06. The molecule has 0 aliphatic carbocycles. The molecule has 0 fully saturated rings. The molecule has 0 saturated carbocycles. The summed E-state index contributed by atoms with van der Waals surface area (Å²) in [5, 5.41) is 2.57. The van der Waals surface area contributed by atoms with Crippen molar-refractivity contribution in [2.24, 2.45) is 5.73 Å². The van der Waals surface area contributed by atoms with Crippen molar-refractivity contribution in [2.75, 3.05) is 6.54 Å². The fourth-order valence-electron chi connectivity index (χ4n) is 0.667. The van der Waals surface area contributed by atoms with Crippen LogP contribution in [0.2, 0.25) is 0 Å². The molecule has 5 nitrogen and oxygen atoms in total. The van der Waals surface area contributed by atoms with Crippen molar-refractivity contribution in [2.45, 2.75) is 0 Å². The number of hydrogen-bond donors (Lipinski definition) is 3. The Morgan fingerprint density at radius 3 is 2.55 bits per heavy atom. The van der Waals surface area contributed by atoms with Crippen LogP contribution in [0.4, 0.5) is 0 Å². The van der Waals surface area contributed by atoms with Gasteiger partial charge in [-0.3, -0.25) is 4.55 Å². The zero-order valence-corrected chi connectivity index (χ0v) is 6.43. The lowest BCUT2D eigenvalue weighted by atomic mass is 10.4. The van der Waals surface area contributed by atoms with Crippen LogP contribution in [-0.4, -0.2) is 19.5 Å². The number of rotatable bonds is 1. The average Bonchev–Trinajstić information content (AvgIpc) is 1.86. The molecule has 1 heterocycles. The fraction of sp³-hybridized carbons (Fsp3) is 0.200. The predicted octanol–water partition coefficient (Wildman–Crippen LogP) is -0.839. The Morgan fingerprint density at radius 2 is 2.18 bits per heavy atom. The van der Waals surface area contributed by atoms with Crippen molar-refractivity contribution in [1.29, 1.82) is 0 Å². The minimum absolute atomic E-state index is 0.0428. The molecule has 0 aromatic rings. The summed E-state index contributed by atoms with van der Waals surface area (Å²) in [5.41, 5.74) is 5.27. The highest BCUT2D eigenvalue weighted by molar-refractivity contribution is 7.89. The zero-order valence-electron chi connectivity index (χ0n) is 5.61. The quantitative estimate of drug-likeness (QED) is 0.453. The van der Waals surface area contributed by atoms with E-state index in [0.29, 0.717) is 5.82 Å². The second kappa shape index (κ2) is 2.55. The summed E-state index contributed by atoms with van der Waals surface area (Å²) in [6.07, 6.45) is 2.65. The van der Waals surface area contributed by atoms with E-state index in [1.54, 1.807) is 0 Å². The van der Waals surface area contributed by atoms with E-state index in [4.69, 9.17) is 10.3 Å². The van der Waals surface area contributed by atoms with Crippen LogP contribution in [-0.2, 0) is 10.1 Å². The standard InChI is InChI=1S/C5H8N2O3S/c6-5-2-1-4(3-7-5)11(8,9)10/h1-2,7H,3,6H2,(H,8,9,10). The van der Waals surface area contributed by atoms with Crippen LogP contribution in [0.25, 0.3) is 0 Å². The monoisotopic (exact) mass is 176 g/mol. The number of allylic oxidation sites excluding steroid dienone is 2. The van der Waals surface area contributed by atoms with Crippen LogP contribution < -0.4 is 11.1 Å². The highest BCUT2D eigenvalue weighted by Gasteiger charge is 2.14. The molecule has 0 bridgehead atoms. The van der Waals surface area contributed by atoms with E-state index in [-0.39, 0.29) is 11.4 Å². The smallest absolute Gasteiger partial charge is 0.292 e. The molecule has 62 valence electrons. The fourth-order valence-corrected chi connectivity index (χ4v) is 1.16. The second-order valence-electron chi connectivity index (χ2n) is 2.08. The lowest BCUT2D eigenvalue weighted by Gasteiger charge is -2.11. The van der Waals surface area contributed by atoms with Crippen LogP contribution in [0.5, 0.6) is 0 Å². The Labute approximate surface area is 64.3 Å². The van der Waals surface area contributed by atoms with Gasteiger partial charge in [0.1, 0.15) is 0 Å². The van der Waals surface area contributed by atoms with Crippen molar-refractivity contribution in [3.63, 3.8) is 0 Å². The van der Waals surface area contributed by atoms with Gasteiger partial charge < -0.3 is 11.1 Å². The molecule has 0 spiro atoms. The van der Waals surface area contributed by atoms with Gasteiger partial charge in [-0.15, -0.1) is 0 Å². The summed E-state index contributed by atoms with van der Waals surface area (Å²) < 4.78 is 29.5. The predicted molar refractivity (Wildman–Crippen MR) is 39.9 cm³/mol. The summed E-state index contributed by atoms with van der Waals surface area (Å²) >= 11 is 0. The Bertz CT molecular complexity index is 315. The van der Waals surface area contributed by atoms with Crippen LogP contribution in [0, 0.1) is 0 Å². The first-order valence-electron chi connectivity index (χ1n) is 2.88. The van der Waals surface area contributed by atoms with Gasteiger partial charge in [0.15, 0.2) is 0 Å². The number of dihydropyridines is 1. The number of hydrogen-bond acceptors (Lipinski definition) is 4. The molecule has 0 saturated heterocycles. The van der Waals surface area contributed by atoms with Crippen molar-refractivity contribution < 1.29 is 13.0 Å². The molecule has 1 rings (SSSR count). The molecule has 0 atom stereocenters. The minimum atomic E-state index is -4.05. The van der Waals surface area contributed by atoms with Crippen molar-refractivity contribution >= 4 is 10.1 Å². The van der Waals surface area contributed by atoms with Crippen LogP contribution in [0.1, 0.15) is 0 Å². The average molecular weight is 176 g/mol. The van der Waals surface area contributed by atoms with E-state index >= 15 is 0 Å². The Morgan fingerprint density at radius 1 is 1.55 bits per heavy atom. The summed E-state index contributed by atoms with van der Waals surface area (Å²) in [5.74, 6) is 0.386. The second-order valence-corrected chi connectivity index (χ2v) is 3.56. The third kappa shape index (κ3) is 1.95. The van der Waals surface area contributed by atoms with E-state index in [2.05, 4.69) is 5.32 Å². The summed E-state index contributed by atoms with van der Waals surface area (Å²) in [7, 11) is -4.05. The van der Waals surface area contributed by atoms with Gasteiger partial charge in [-0.2, -0.15) is 8.42 Å². The van der Waals surface area contributed by atoms with Crippen LogP contribution in [0.3, 0.4) is 0 Å². The molecule has 0 aromatic heterocycles. The molecule has 1 aliphatic rings. The van der Waals surface area contributed by atoms with Gasteiger partial charge in [0, 0.05) is 0 Å². The molecule has 11 heavy (non-hydrogen) atoms. The molecule has 0 radical (unpaired) electrons. The largest absolute Gasteiger partial charge is 0.386 e. The Hall–Kier alpha value is -1.01. The first-order valence-corrected chi connectivity index (χ1v) is 4.32. The third-order valence-corrected chi connectivity index (χ3v) is 2.19. The van der Waals surface area contributed by atoms with Crippen molar-refractivity contribution in [1.82, 2.24) is 5.32 Å². The maximum atomic E-state index is 10.5. The molecule has 1 aliphatic heterocycles. The van der Waals surface area contributed by atoms with Gasteiger partial charge in [0.2, 0.25) is 0 Å². The van der Waals surface area contributed by atoms with E-state index in [1.165, 1.54) is 12.2 Å². The first-order chi connectivity index (χ1) is 5.00. The van der Waals surface area contributed by atoms with E-state index in [1.807, 2.05) is 0 Å². The topological polar surface area (TPSA) is 92.4 Å². The lowest BCUT2D eigenvalue weighted by molar-refractivity contribution is 0.489. The molecular formula is C5H8N2O3S. The van der Waals surface area contributed by atoms with E-state index in [9.17, 15) is 8.42 Å². The maximum Gasteiger partial charge on any atom is 0.292 e. The van der Waals surface area contributed by atoms with Gasteiger partial charge in [0.05, 0.1) is 17.3 Å².